The Balaban J connectivity index is 1.11. The Kier molecular flexibility index (Phi) is 11.3. The molecule has 0 N–H and O–H groups in total. The fraction of sp³-hybridized carbons (Fsp3) is 0.0417. The van der Waals surface area contributed by atoms with Crippen LogP contribution in [0.25, 0.3) is 24.3 Å². The third kappa shape index (κ3) is 8.05. The molecule has 0 saturated heterocycles. The van der Waals surface area contributed by atoms with Gasteiger partial charge in [0.1, 0.15) is 11.5 Å². The molecule has 0 aliphatic heterocycles. The van der Waals surface area contributed by atoms with Crippen LogP contribution >= 0.6 is 0 Å². The first-order chi connectivity index (χ1) is 27.3. The molecule has 4 nitrogen and oxygen atoms in total. The molecule has 7 rings (SSSR count). The van der Waals surface area contributed by atoms with Gasteiger partial charge in [-0.25, -0.2) is 17.6 Å². The zero-order chi connectivity index (χ0) is 39.0. The van der Waals surface area contributed by atoms with E-state index in [0.29, 0.717) is 11.1 Å². The molecule has 7 aromatic rings. The molecule has 0 spiro atoms. The van der Waals surface area contributed by atoms with Gasteiger partial charge in [0, 0.05) is 34.1 Å². The molecule has 0 fully saturated rings. The number of para-hydroxylation sites is 2. The molecule has 0 heterocycles. The number of hydrogen-bond acceptors (Lipinski definition) is 4. The summed E-state index contributed by atoms with van der Waals surface area (Å²) in [4.78, 5) is 4.08. The summed E-state index contributed by atoms with van der Waals surface area (Å²) in [5.41, 5.74) is 4.78. The zero-order valence-corrected chi connectivity index (χ0v) is 30.5. The van der Waals surface area contributed by atoms with Gasteiger partial charge in [-0.2, -0.15) is 0 Å². The van der Waals surface area contributed by atoms with Crippen molar-refractivity contribution in [3.8, 4) is 11.5 Å². The third-order valence-electron chi connectivity index (χ3n) is 9.21. The highest BCUT2D eigenvalue weighted by Crippen LogP contribution is 2.37. The summed E-state index contributed by atoms with van der Waals surface area (Å²) in [6.45, 7) is 0. The van der Waals surface area contributed by atoms with Crippen LogP contribution in [0.5, 0.6) is 11.5 Å². The van der Waals surface area contributed by atoms with E-state index in [9.17, 15) is 0 Å². The SMILES string of the molecule is COc1ccc(N(c2ccccc2)c2ccc(C=Cc3c(F)c(F)c(C=Cc4ccc(N(c5ccccc5)c5ccc(OC)cc5)cc4)c(F)c3F)cc2)cc1. The van der Waals surface area contributed by atoms with E-state index in [0.717, 1.165) is 57.8 Å². The minimum Gasteiger partial charge on any atom is -0.497 e. The van der Waals surface area contributed by atoms with Crippen molar-refractivity contribution in [2.75, 3.05) is 24.0 Å². The Morgan fingerprint density at radius 2 is 0.607 bits per heavy atom. The highest BCUT2D eigenvalue weighted by Gasteiger charge is 2.23. The molecular weight excluding hydrogens is 713 g/mol. The number of halogens is 4. The first kappa shape index (κ1) is 37.3. The minimum absolute atomic E-state index is 0.571. The van der Waals surface area contributed by atoms with Gasteiger partial charge >= 0.3 is 0 Å². The molecule has 0 aliphatic carbocycles. The van der Waals surface area contributed by atoms with Gasteiger partial charge in [0.05, 0.1) is 25.3 Å². The lowest BCUT2D eigenvalue weighted by atomic mass is 10.0. The lowest BCUT2D eigenvalue weighted by Gasteiger charge is -2.25. The first-order valence-electron chi connectivity index (χ1n) is 17.8. The van der Waals surface area contributed by atoms with E-state index >= 15 is 17.6 Å². The molecule has 0 unspecified atom stereocenters. The normalized spacial score (nSPS) is 11.2. The molecule has 8 heteroatoms. The molecule has 0 aliphatic rings. The second-order valence-electron chi connectivity index (χ2n) is 12.7. The van der Waals surface area contributed by atoms with E-state index in [2.05, 4.69) is 0 Å². The van der Waals surface area contributed by atoms with Crippen molar-refractivity contribution in [1.82, 2.24) is 0 Å². The molecule has 0 amide bonds. The van der Waals surface area contributed by atoms with Gasteiger partial charge in [0.25, 0.3) is 0 Å². The molecule has 278 valence electrons. The van der Waals surface area contributed by atoms with E-state index in [-0.39, 0.29) is 0 Å². The molecular formula is C48H36F4N2O2. The summed E-state index contributed by atoms with van der Waals surface area (Å²) >= 11 is 0. The van der Waals surface area contributed by atoms with Crippen LogP contribution in [0.3, 0.4) is 0 Å². The number of methoxy groups -OCH3 is 2. The Labute approximate surface area is 323 Å². The number of benzene rings is 7. The van der Waals surface area contributed by atoms with Gasteiger partial charge in [-0.05, 0) is 120 Å². The number of rotatable bonds is 12. The van der Waals surface area contributed by atoms with Crippen molar-refractivity contribution in [3.63, 3.8) is 0 Å². The maximum atomic E-state index is 15.3. The first-order valence-corrected chi connectivity index (χ1v) is 17.8. The molecule has 7 aromatic carbocycles. The second kappa shape index (κ2) is 17.0. The van der Waals surface area contributed by atoms with Crippen LogP contribution in [0.1, 0.15) is 22.3 Å². The summed E-state index contributed by atoms with van der Waals surface area (Å²) in [6.07, 6.45) is 4.90. The van der Waals surface area contributed by atoms with Crippen molar-refractivity contribution in [3.05, 3.63) is 203 Å². The van der Waals surface area contributed by atoms with Gasteiger partial charge in [-0.15, -0.1) is 0 Å². The zero-order valence-electron chi connectivity index (χ0n) is 30.5. The highest BCUT2D eigenvalue weighted by atomic mass is 19.2. The smallest absolute Gasteiger partial charge is 0.169 e. The minimum atomic E-state index is -1.49. The van der Waals surface area contributed by atoms with Gasteiger partial charge in [-0.1, -0.05) is 72.8 Å². The second-order valence-corrected chi connectivity index (χ2v) is 12.7. The molecule has 0 atom stereocenters. The Hall–Kier alpha value is -7.06. The average molecular weight is 749 g/mol. The van der Waals surface area contributed by atoms with Crippen molar-refractivity contribution >= 4 is 58.4 Å². The van der Waals surface area contributed by atoms with Gasteiger partial charge in [0.2, 0.25) is 0 Å². The van der Waals surface area contributed by atoms with E-state index in [1.165, 1.54) is 12.2 Å². The molecule has 0 saturated carbocycles. The van der Waals surface area contributed by atoms with Crippen molar-refractivity contribution < 1.29 is 27.0 Å². The number of nitrogens with zero attached hydrogens (tertiary/aromatic N) is 2. The maximum Gasteiger partial charge on any atom is 0.169 e. The summed E-state index contributed by atoms with van der Waals surface area (Å²) in [5.74, 6) is -4.50. The van der Waals surface area contributed by atoms with Crippen molar-refractivity contribution in [2.24, 2.45) is 0 Å². The predicted molar refractivity (Wildman–Crippen MR) is 219 cm³/mol. The topological polar surface area (TPSA) is 24.9 Å². The van der Waals surface area contributed by atoms with E-state index < -0.39 is 34.4 Å². The van der Waals surface area contributed by atoms with Crippen LogP contribution in [0.4, 0.5) is 51.7 Å². The van der Waals surface area contributed by atoms with Crippen LogP contribution in [-0.4, -0.2) is 14.2 Å². The number of hydrogen-bond donors (Lipinski definition) is 0. The fourth-order valence-electron chi connectivity index (χ4n) is 6.30. The van der Waals surface area contributed by atoms with E-state index in [1.807, 2.05) is 143 Å². The van der Waals surface area contributed by atoms with Crippen LogP contribution in [0, 0.1) is 23.3 Å². The quantitative estimate of drug-likeness (QED) is 0.0706. The largest absolute Gasteiger partial charge is 0.497 e. The summed E-state index contributed by atoms with van der Waals surface area (Å²) in [6, 6.07) is 49.2. The van der Waals surface area contributed by atoms with Gasteiger partial charge in [-0.3, -0.25) is 0 Å². The van der Waals surface area contributed by atoms with E-state index in [4.69, 9.17) is 9.47 Å². The van der Waals surface area contributed by atoms with Crippen LogP contribution in [0.15, 0.2) is 158 Å². The molecule has 0 radical (unpaired) electrons. The van der Waals surface area contributed by atoms with Crippen molar-refractivity contribution in [1.29, 1.82) is 0 Å². The van der Waals surface area contributed by atoms with Crippen molar-refractivity contribution in [2.45, 2.75) is 0 Å². The number of ether oxygens (including phenoxy) is 2. The van der Waals surface area contributed by atoms with Crippen LogP contribution in [-0.2, 0) is 0 Å². The summed E-state index contributed by atoms with van der Waals surface area (Å²) in [7, 11) is 3.21. The lowest BCUT2D eigenvalue weighted by Crippen LogP contribution is -2.09. The summed E-state index contributed by atoms with van der Waals surface area (Å²) in [5, 5.41) is 0. The Morgan fingerprint density at radius 1 is 0.339 bits per heavy atom. The molecule has 0 bridgehead atoms. The Bertz CT molecular complexity index is 2250. The number of anilines is 6. The Morgan fingerprint density at radius 3 is 0.893 bits per heavy atom. The summed E-state index contributed by atoms with van der Waals surface area (Å²) < 4.78 is 72.0. The van der Waals surface area contributed by atoms with Crippen LogP contribution in [0.2, 0.25) is 0 Å². The maximum absolute atomic E-state index is 15.3. The van der Waals surface area contributed by atoms with Crippen LogP contribution < -0.4 is 19.3 Å². The standard InChI is InChI=1S/C48H36F4N2O2/c1-55-41-27-23-39(24-28-41)53(35-9-5-3-6-10-35)37-19-13-33(14-20-37)17-31-43-45(49)47(51)44(48(52)46(43)50)32-18-34-15-21-38(22-16-34)54(36-11-7-4-8-12-36)40-25-29-42(56-2)30-26-40/h3-32H,1-2H3. The highest BCUT2D eigenvalue weighted by molar-refractivity contribution is 5.80. The molecule has 0 aromatic heterocycles. The predicted octanol–water partition coefficient (Wildman–Crippen LogP) is 13.5. The van der Waals surface area contributed by atoms with Gasteiger partial charge < -0.3 is 19.3 Å². The lowest BCUT2D eigenvalue weighted by molar-refractivity contribution is 0.414. The average Bonchev–Trinajstić information content (AvgIpc) is 3.25. The van der Waals surface area contributed by atoms with Gasteiger partial charge in [0.15, 0.2) is 23.3 Å². The monoisotopic (exact) mass is 748 g/mol. The molecule has 56 heavy (non-hydrogen) atoms. The third-order valence-corrected chi connectivity index (χ3v) is 9.21. The van der Waals surface area contributed by atoms with E-state index in [1.54, 1.807) is 38.5 Å². The fourth-order valence-corrected chi connectivity index (χ4v) is 6.30.